The molecule has 2 unspecified atom stereocenters. The number of aliphatic hydroxyl groups is 3. The lowest BCUT2D eigenvalue weighted by Gasteiger charge is -2.56. The summed E-state index contributed by atoms with van der Waals surface area (Å²) in [7, 11) is 1.56. The Hall–Kier alpha value is -0.796. The van der Waals surface area contributed by atoms with E-state index in [1.54, 1.807) is 28.1 Å². The van der Waals surface area contributed by atoms with Crippen LogP contribution in [0.5, 0.6) is 0 Å². The second kappa shape index (κ2) is 23.3. The summed E-state index contributed by atoms with van der Waals surface area (Å²) in [6.07, 6.45) is -3.79. The van der Waals surface area contributed by atoms with Crippen LogP contribution >= 0.6 is 0 Å². The minimum Gasteiger partial charge on any atom is -0.479 e. The average Bonchev–Trinajstić information content (AvgIpc) is 3.14. The molecule has 56 heavy (non-hydrogen) atoms. The summed E-state index contributed by atoms with van der Waals surface area (Å²) in [4.78, 5) is 12.2. The Labute approximate surface area is 341 Å². The molecule has 0 radical (unpaired) electrons. The molecule has 13 nitrogen and oxygen atoms in total. The van der Waals surface area contributed by atoms with Crippen molar-refractivity contribution in [3.05, 3.63) is 11.6 Å². The highest BCUT2D eigenvalue weighted by Gasteiger charge is 2.62. The zero-order valence-electron chi connectivity index (χ0n) is 37.8. The number of ether oxygens (including phenoxy) is 6. The van der Waals surface area contributed by atoms with Gasteiger partial charge in [0.15, 0.2) is 22.7 Å². The van der Waals surface area contributed by atoms with Crippen molar-refractivity contribution in [3.63, 3.8) is 0 Å². The third-order valence-electron chi connectivity index (χ3n) is 13.0. The molecule has 0 aliphatic carbocycles. The number of carboxylic acid groups (broad SMARTS) is 1. The van der Waals surface area contributed by atoms with Crippen LogP contribution in [0, 0.1) is 11.3 Å². The Kier molecular flexibility index (Phi) is 22.1. The molecule has 4 N–H and O–H groups in total. The molecule has 332 valence electrons. The van der Waals surface area contributed by atoms with Crippen LogP contribution < -0.4 is 0 Å². The SMILES string of the molecule is CCC(/C=C(/C)[C@@H](O)C[C@H](C[C@@H](O)C(C)(C)C1(O)O[C@H](C[C@H](OC)[C@@H](OCOC)C(=O)O)C[C@H](OC)[C@@H]1O[Si](CC)(CC)CC)OC)CO[Si](C)(C)C(C)(C)C. The van der Waals surface area contributed by atoms with E-state index in [-0.39, 0.29) is 43.4 Å². The monoisotopic (exact) mass is 839 g/mol. The number of aliphatic carboxylic acids is 1. The average molecular weight is 839 g/mol. The Balaban J connectivity index is 3.50. The van der Waals surface area contributed by atoms with Crippen LogP contribution in [0.4, 0.5) is 0 Å². The van der Waals surface area contributed by atoms with Crippen molar-refractivity contribution in [2.75, 3.05) is 41.8 Å². The van der Waals surface area contributed by atoms with Gasteiger partial charge in [-0.1, -0.05) is 68.4 Å². The fraction of sp³-hybridized carbons (Fsp3) is 0.927. The second-order valence-corrected chi connectivity index (χ2v) is 27.3. The molecule has 0 aromatic heterocycles. The van der Waals surface area contributed by atoms with E-state index < -0.39 is 82.6 Å². The van der Waals surface area contributed by atoms with Crippen molar-refractivity contribution in [3.8, 4) is 0 Å². The maximum Gasteiger partial charge on any atom is 0.335 e. The molecular weight excluding hydrogens is 757 g/mol. The molecule has 1 heterocycles. The van der Waals surface area contributed by atoms with Crippen LogP contribution in [-0.4, -0.2) is 139 Å². The highest BCUT2D eigenvalue weighted by Crippen LogP contribution is 2.49. The Morgan fingerprint density at radius 1 is 0.964 bits per heavy atom. The number of carbonyl (C=O) groups is 1. The quantitative estimate of drug-likeness (QED) is 0.0384. The number of rotatable bonds is 27. The van der Waals surface area contributed by atoms with Gasteiger partial charge in [-0.3, -0.25) is 0 Å². The standard InChI is InChI=1S/C41H82O13Si2/c1-17-29(26-52-55(15,16)39(6,7)8)21-28(5)32(42)22-30(48-12)25-35(43)40(9,10)41(46)37(54-56(18-2,19-3)20-4)34(50-14)24-31(53-41)23-33(49-13)36(38(44)45)51-27-47-11/h21,29-37,42-43,46H,17-20,22-27H2,1-16H3,(H,44,45)/b28-21-/t29?,30-,31-,32+,33+,34+,35-,36-,37+,41?/m1/s1. The highest BCUT2D eigenvalue weighted by molar-refractivity contribution is 6.74. The molecule has 0 spiro atoms. The van der Waals surface area contributed by atoms with E-state index in [0.717, 1.165) is 30.1 Å². The van der Waals surface area contributed by atoms with E-state index in [1.807, 2.05) is 6.92 Å². The summed E-state index contributed by atoms with van der Waals surface area (Å²) < 4.78 is 48.1. The number of hydrogen-bond donors (Lipinski definition) is 4. The van der Waals surface area contributed by atoms with Crippen molar-refractivity contribution < 1.29 is 62.5 Å². The molecule has 0 aromatic carbocycles. The van der Waals surface area contributed by atoms with Gasteiger partial charge in [-0.2, -0.15) is 0 Å². The molecule has 15 heteroatoms. The largest absolute Gasteiger partial charge is 0.479 e. The zero-order chi connectivity index (χ0) is 43.3. The van der Waals surface area contributed by atoms with E-state index >= 15 is 0 Å². The number of aliphatic hydroxyl groups excluding tert-OH is 2. The topological polar surface area (TPSA) is 172 Å². The molecule has 0 bridgehead atoms. The molecule has 1 saturated heterocycles. The van der Waals surface area contributed by atoms with Crippen LogP contribution in [0.2, 0.25) is 36.3 Å². The van der Waals surface area contributed by atoms with Gasteiger partial charge in [-0.05, 0) is 61.1 Å². The third kappa shape index (κ3) is 13.9. The van der Waals surface area contributed by atoms with E-state index in [4.69, 9.17) is 37.3 Å². The lowest BCUT2D eigenvalue weighted by atomic mass is 9.70. The van der Waals surface area contributed by atoms with Crippen molar-refractivity contribution >= 4 is 22.6 Å². The van der Waals surface area contributed by atoms with Gasteiger partial charge in [0, 0.05) is 66.1 Å². The van der Waals surface area contributed by atoms with E-state index in [1.165, 1.54) is 14.2 Å². The maximum atomic E-state index is 13.0. The third-order valence-corrected chi connectivity index (χ3v) is 22.1. The van der Waals surface area contributed by atoms with Crippen LogP contribution in [0.3, 0.4) is 0 Å². The van der Waals surface area contributed by atoms with Gasteiger partial charge in [0.05, 0.1) is 36.6 Å². The number of carboxylic acids is 1. The molecule has 1 aliphatic heterocycles. The number of methoxy groups -OCH3 is 4. The molecular formula is C41H82O13Si2. The molecule has 1 aliphatic rings. The van der Waals surface area contributed by atoms with Gasteiger partial charge in [0.25, 0.3) is 0 Å². The van der Waals surface area contributed by atoms with Crippen LogP contribution in [-0.2, 0) is 42.1 Å². The first-order valence-corrected chi connectivity index (χ1v) is 26.0. The molecule has 0 saturated carbocycles. The minimum atomic E-state index is -2.40. The molecule has 1 fully saturated rings. The van der Waals surface area contributed by atoms with Crippen molar-refractivity contribution in [1.82, 2.24) is 0 Å². The fourth-order valence-electron chi connectivity index (χ4n) is 7.20. The smallest absolute Gasteiger partial charge is 0.335 e. The van der Waals surface area contributed by atoms with Crippen molar-refractivity contribution in [1.29, 1.82) is 0 Å². The van der Waals surface area contributed by atoms with E-state index in [0.29, 0.717) is 6.61 Å². The normalized spacial score (nSPS) is 25.1. The molecule has 0 aromatic rings. The predicted octanol–water partition coefficient (Wildman–Crippen LogP) is 6.89. The van der Waals surface area contributed by atoms with E-state index in [9.17, 15) is 25.2 Å². The van der Waals surface area contributed by atoms with Crippen molar-refractivity contribution in [2.24, 2.45) is 11.3 Å². The zero-order valence-corrected chi connectivity index (χ0v) is 39.8. The second-order valence-electron chi connectivity index (χ2n) is 17.8. The van der Waals surface area contributed by atoms with E-state index in [2.05, 4.69) is 67.6 Å². The first-order chi connectivity index (χ1) is 25.9. The van der Waals surface area contributed by atoms with Crippen LogP contribution in [0.1, 0.15) is 101 Å². The summed E-state index contributed by atoms with van der Waals surface area (Å²) in [5.41, 5.74) is -0.577. The summed E-state index contributed by atoms with van der Waals surface area (Å²) in [5.74, 6) is -3.20. The highest BCUT2D eigenvalue weighted by atomic mass is 28.4. The maximum absolute atomic E-state index is 13.0. The van der Waals surface area contributed by atoms with Gasteiger partial charge < -0.3 is 57.7 Å². The predicted molar refractivity (Wildman–Crippen MR) is 224 cm³/mol. The number of hydrogen-bond acceptors (Lipinski definition) is 12. The Morgan fingerprint density at radius 2 is 1.55 bits per heavy atom. The molecule has 1 rings (SSSR count). The first-order valence-electron chi connectivity index (χ1n) is 20.6. The van der Waals surface area contributed by atoms with Gasteiger partial charge in [0.2, 0.25) is 5.79 Å². The van der Waals surface area contributed by atoms with Gasteiger partial charge in [0.1, 0.15) is 12.9 Å². The summed E-state index contributed by atoms with van der Waals surface area (Å²) in [6, 6.07) is 2.41. The summed E-state index contributed by atoms with van der Waals surface area (Å²) in [5, 5.41) is 46.5. The van der Waals surface area contributed by atoms with Gasteiger partial charge in [-0.25, -0.2) is 4.79 Å². The first kappa shape index (κ1) is 53.2. The lowest BCUT2D eigenvalue weighted by Crippen LogP contribution is -2.70. The van der Waals surface area contributed by atoms with Crippen LogP contribution in [0.15, 0.2) is 11.6 Å². The summed E-state index contributed by atoms with van der Waals surface area (Å²) >= 11 is 0. The lowest BCUT2D eigenvalue weighted by molar-refractivity contribution is -0.376. The fourth-order valence-corrected chi connectivity index (χ4v) is 11.1. The van der Waals surface area contributed by atoms with Gasteiger partial charge in [-0.15, -0.1) is 0 Å². The molecule has 10 atom stereocenters. The Morgan fingerprint density at radius 3 is 2.00 bits per heavy atom. The summed E-state index contributed by atoms with van der Waals surface area (Å²) in [6.45, 7) is 25.2. The van der Waals surface area contributed by atoms with Crippen LogP contribution in [0.25, 0.3) is 0 Å². The molecule has 0 amide bonds. The Bertz CT molecular complexity index is 1170. The van der Waals surface area contributed by atoms with Crippen molar-refractivity contribution in [2.45, 2.75) is 192 Å². The minimum absolute atomic E-state index is 0.0360. The van der Waals surface area contributed by atoms with Gasteiger partial charge >= 0.3 is 5.97 Å².